The summed E-state index contributed by atoms with van der Waals surface area (Å²) in [5, 5.41) is 3.44. The molecule has 0 unspecified atom stereocenters. The number of nitrogens with one attached hydrogen (secondary N) is 1. The van der Waals surface area contributed by atoms with E-state index in [1.165, 1.54) is 16.2 Å². The maximum atomic E-state index is 12.7. The third-order valence-corrected chi connectivity index (χ3v) is 6.13. The minimum Gasteiger partial charge on any atom is -0.298 e. The van der Waals surface area contributed by atoms with Crippen LogP contribution in [0.3, 0.4) is 0 Å². The highest BCUT2D eigenvalue weighted by molar-refractivity contribution is 7.15. The molecule has 0 saturated carbocycles. The first-order valence-corrected chi connectivity index (χ1v) is 10.2. The summed E-state index contributed by atoms with van der Waals surface area (Å²) in [7, 11) is 0. The fourth-order valence-electron chi connectivity index (χ4n) is 3.53. The van der Waals surface area contributed by atoms with E-state index in [2.05, 4.69) is 29.0 Å². The predicted molar refractivity (Wildman–Crippen MR) is 107 cm³/mol. The van der Waals surface area contributed by atoms with Gasteiger partial charge < -0.3 is 0 Å². The number of hydrogen-bond acceptors (Lipinski definition) is 6. The van der Waals surface area contributed by atoms with Crippen LogP contribution in [0.15, 0.2) is 24.3 Å². The van der Waals surface area contributed by atoms with Crippen LogP contribution in [0.4, 0.5) is 10.8 Å². The fraction of sp³-hybridized carbons (Fsp3) is 0.400. The van der Waals surface area contributed by atoms with Gasteiger partial charge in [0.15, 0.2) is 5.13 Å². The molecule has 146 valence electrons. The van der Waals surface area contributed by atoms with Crippen LogP contribution in [0, 0.1) is 0 Å². The van der Waals surface area contributed by atoms with Crippen LogP contribution in [0.2, 0.25) is 0 Å². The van der Waals surface area contributed by atoms with Crippen molar-refractivity contribution in [1.29, 1.82) is 0 Å². The van der Waals surface area contributed by atoms with E-state index in [0.717, 1.165) is 30.1 Å². The SMILES string of the molecule is CC(C)N1CCc2nc(NC(=O)c3cccc(N4C(=O)CCC4=O)c3)sc2C1. The second-order valence-corrected chi connectivity index (χ2v) is 8.41. The van der Waals surface area contributed by atoms with Gasteiger partial charge in [0, 0.05) is 48.8 Å². The number of imide groups is 1. The van der Waals surface area contributed by atoms with Gasteiger partial charge in [-0.25, -0.2) is 4.98 Å². The molecule has 3 heterocycles. The van der Waals surface area contributed by atoms with Gasteiger partial charge in [-0.15, -0.1) is 11.3 Å². The lowest BCUT2D eigenvalue weighted by Crippen LogP contribution is -2.35. The number of hydrogen-bond donors (Lipinski definition) is 1. The molecule has 2 aliphatic rings. The highest BCUT2D eigenvalue weighted by Crippen LogP contribution is 2.30. The van der Waals surface area contributed by atoms with Crippen molar-refractivity contribution in [2.75, 3.05) is 16.8 Å². The van der Waals surface area contributed by atoms with Crippen molar-refractivity contribution in [3.05, 3.63) is 40.4 Å². The summed E-state index contributed by atoms with van der Waals surface area (Å²) in [6.07, 6.45) is 1.31. The molecule has 0 atom stereocenters. The maximum Gasteiger partial charge on any atom is 0.257 e. The van der Waals surface area contributed by atoms with E-state index >= 15 is 0 Å². The zero-order valence-corrected chi connectivity index (χ0v) is 16.7. The number of carbonyl (C=O) groups excluding carboxylic acids is 3. The molecule has 7 nitrogen and oxygen atoms in total. The molecule has 1 aromatic carbocycles. The Hall–Kier alpha value is -2.58. The van der Waals surface area contributed by atoms with Crippen molar-refractivity contribution >= 4 is 39.9 Å². The summed E-state index contributed by atoms with van der Waals surface area (Å²) in [6, 6.07) is 7.06. The van der Waals surface area contributed by atoms with Gasteiger partial charge in [-0.1, -0.05) is 6.07 Å². The third kappa shape index (κ3) is 3.57. The van der Waals surface area contributed by atoms with Crippen molar-refractivity contribution < 1.29 is 14.4 Å². The lowest BCUT2D eigenvalue weighted by molar-refractivity contribution is -0.121. The molecule has 1 aromatic heterocycles. The second kappa shape index (κ2) is 7.44. The lowest BCUT2D eigenvalue weighted by atomic mass is 10.1. The lowest BCUT2D eigenvalue weighted by Gasteiger charge is -2.29. The number of fused-ring (bicyclic) bond motifs is 1. The van der Waals surface area contributed by atoms with Crippen molar-refractivity contribution in [2.45, 2.75) is 45.7 Å². The highest BCUT2D eigenvalue weighted by atomic mass is 32.1. The van der Waals surface area contributed by atoms with Crippen LogP contribution in [-0.4, -0.2) is 40.2 Å². The molecule has 2 aromatic rings. The van der Waals surface area contributed by atoms with Gasteiger partial charge in [-0.05, 0) is 32.0 Å². The Balaban J connectivity index is 1.50. The predicted octanol–water partition coefficient (Wildman–Crippen LogP) is 2.82. The minimum absolute atomic E-state index is 0.216. The zero-order chi connectivity index (χ0) is 19.8. The highest BCUT2D eigenvalue weighted by Gasteiger charge is 2.30. The normalized spacial score (nSPS) is 17.3. The zero-order valence-electron chi connectivity index (χ0n) is 15.9. The van der Waals surface area contributed by atoms with Crippen LogP contribution in [0.5, 0.6) is 0 Å². The molecule has 4 rings (SSSR count). The largest absolute Gasteiger partial charge is 0.298 e. The first-order valence-electron chi connectivity index (χ1n) is 9.42. The van der Waals surface area contributed by atoms with Crippen molar-refractivity contribution in [3.63, 3.8) is 0 Å². The van der Waals surface area contributed by atoms with Gasteiger partial charge in [-0.2, -0.15) is 0 Å². The topological polar surface area (TPSA) is 82.6 Å². The van der Waals surface area contributed by atoms with Crippen molar-refractivity contribution in [3.8, 4) is 0 Å². The monoisotopic (exact) mass is 398 g/mol. The molecule has 3 amide bonds. The number of carbonyl (C=O) groups is 3. The van der Waals surface area contributed by atoms with Crippen LogP contribution >= 0.6 is 11.3 Å². The third-order valence-electron chi connectivity index (χ3n) is 5.13. The standard InChI is InChI=1S/C20H22N4O3S/c1-12(2)23-9-8-15-16(11-23)28-20(21-15)22-19(27)13-4-3-5-14(10-13)24-17(25)6-7-18(24)26/h3-5,10,12H,6-9,11H2,1-2H3,(H,21,22,27). The second-order valence-electron chi connectivity index (χ2n) is 7.33. The van der Waals surface area contributed by atoms with Crippen LogP contribution in [-0.2, 0) is 22.6 Å². The molecule has 0 aliphatic carbocycles. The summed E-state index contributed by atoms with van der Waals surface area (Å²) in [6.45, 7) is 6.19. The van der Waals surface area contributed by atoms with Crippen molar-refractivity contribution in [2.24, 2.45) is 0 Å². The average molecular weight is 398 g/mol. The molecule has 1 N–H and O–H groups in total. The maximum absolute atomic E-state index is 12.7. The van der Waals surface area contributed by atoms with E-state index in [9.17, 15) is 14.4 Å². The molecule has 2 aliphatic heterocycles. The number of amides is 3. The Morgan fingerprint density at radius 1 is 1.18 bits per heavy atom. The van der Waals surface area contributed by atoms with Crippen LogP contribution < -0.4 is 10.2 Å². The van der Waals surface area contributed by atoms with E-state index in [1.807, 2.05) is 0 Å². The summed E-state index contributed by atoms with van der Waals surface area (Å²) in [4.78, 5) is 45.9. The van der Waals surface area contributed by atoms with Gasteiger partial charge in [0.05, 0.1) is 11.4 Å². The van der Waals surface area contributed by atoms with E-state index in [4.69, 9.17) is 0 Å². The van der Waals surface area contributed by atoms with Gasteiger partial charge in [0.25, 0.3) is 5.91 Å². The number of nitrogens with zero attached hydrogens (tertiary/aromatic N) is 3. The number of benzene rings is 1. The Morgan fingerprint density at radius 3 is 2.64 bits per heavy atom. The Bertz CT molecular complexity index is 937. The van der Waals surface area contributed by atoms with Gasteiger partial charge in [0.1, 0.15) is 0 Å². The number of aromatic nitrogens is 1. The van der Waals surface area contributed by atoms with E-state index in [0.29, 0.717) is 22.4 Å². The van der Waals surface area contributed by atoms with Crippen molar-refractivity contribution in [1.82, 2.24) is 9.88 Å². The fourth-order valence-corrected chi connectivity index (χ4v) is 4.56. The first-order chi connectivity index (χ1) is 13.4. The van der Waals surface area contributed by atoms with Gasteiger partial charge >= 0.3 is 0 Å². The van der Waals surface area contributed by atoms with Crippen LogP contribution in [0.25, 0.3) is 0 Å². The molecular weight excluding hydrogens is 376 g/mol. The van der Waals surface area contributed by atoms with Gasteiger partial charge in [-0.3, -0.25) is 29.5 Å². The molecule has 28 heavy (non-hydrogen) atoms. The van der Waals surface area contributed by atoms with Gasteiger partial charge in [0.2, 0.25) is 11.8 Å². The summed E-state index contributed by atoms with van der Waals surface area (Å²) >= 11 is 1.51. The Kier molecular flexibility index (Phi) is 4.99. The number of thiazole rings is 1. The minimum atomic E-state index is -0.298. The summed E-state index contributed by atoms with van der Waals surface area (Å²) < 4.78 is 0. The molecule has 0 spiro atoms. The van der Waals surface area contributed by atoms with E-state index < -0.39 is 0 Å². The first kappa shape index (κ1) is 18.8. The summed E-state index contributed by atoms with van der Waals surface area (Å²) in [5.74, 6) is -0.762. The van der Waals surface area contributed by atoms with E-state index in [1.54, 1.807) is 24.3 Å². The molecule has 1 fully saturated rings. The molecular formula is C20H22N4O3S. The molecule has 0 radical (unpaired) electrons. The molecule has 1 saturated heterocycles. The number of rotatable bonds is 4. The summed E-state index contributed by atoms with van der Waals surface area (Å²) in [5.41, 5.74) is 1.88. The molecule has 0 bridgehead atoms. The van der Waals surface area contributed by atoms with Crippen LogP contribution in [0.1, 0.15) is 47.6 Å². The Labute approximate surface area is 167 Å². The number of anilines is 2. The average Bonchev–Trinajstić information content (AvgIpc) is 3.23. The van der Waals surface area contributed by atoms with E-state index in [-0.39, 0.29) is 30.6 Å². The smallest absolute Gasteiger partial charge is 0.257 e. The molecule has 8 heteroatoms. The Morgan fingerprint density at radius 2 is 1.93 bits per heavy atom. The quantitative estimate of drug-likeness (QED) is 0.801.